The molecule has 0 radical (unpaired) electrons. The average molecular weight is 507 g/mol. The normalized spacial score (nSPS) is 25.3. The van der Waals surface area contributed by atoms with Gasteiger partial charge in [-0.2, -0.15) is 5.10 Å². The third-order valence-electron chi connectivity index (χ3n) is 6.92. The molecule has 4 aromatic rings. The van der Waals surface area contributed by atoms with Crippen LogP contribution in [0.25, 0.3) is 22.3 Å². The number of aromatic nitrogens is 7. The average Bonchev–Trinajstić information content (AvgIpc) is 3.55. The highest BCUT2D eigenvalue weighted by atomic mass is 16.6. The Morgan fingerprint density at radius 1 is 1.22 bits per heavy atom. The van der Waals surface area contributed by atoms with Crippen LogP contribution in [0, 0.1) is 0 Å². The van der Waals surface area contributed by atoms with Crippen molar-refractivity contribution in [3.8, 4) is 11.3 Å². The molecule has 1 amide bonds. The van der Waals surface area contributed by atoms with Gasteiger partial charge in [-0.05, 0) is 24.5 Å². The second-order valence-corrected chi connectivity index (χ2v) is 9.36. The van der Waals surface area contributed by atoms with E-state index in [4.69, 9.17) is 16.2 Å². The third kappa shape index (κ3) is 3.94. The van der Waals surface area contributed by atoms with Crippen LogP contribution in [0.5, 0.6) is 0 Å². The number of carbonyl (C=O) groups is 1. The second-order valence-electron chi connectivity index (χ2n) is 9.36. The highest BCUT2D eigenvalue weighted by Crippen LogP contribution is 2.38. The summed E-state index contributed by atoms with van der Waals surface area (Å²) < 4.78 is 9.14. The molecule has 1 fully saturated rings. The van der Waals surface area contributed by atoms with Crippen molar-refractivity contribution in [2.45, 2.75) is 49.8 Å². The van der Waals surface area contributed by atoms with Gasteiger partial charge in [-0.1, -0.05) is 0 Å². The monoisotopic (exact) mass is 506 g/mol. The molecule has 0 spiro atoms. The predicted molar refractivity (Wildman–Crippen MR) is 130 cm³/mol. The molecular formula is C23H26N10O4. The number of aliphatic hydroxyl groups excluding tert-OH is 2. The molecule has 37 heavy (non-hydrogen) atoms. The maximum Gasteiger partial charge on any atom is 0.252 e. The molecule has 0 saturated carbocycles. The summed E-state index contributed by atoms with van der Waals surface area (Å²) in [5, 5.41) is 29.6. The molecule has 1 aliphatic carbocycles. The molecule has 2 aliphatic rings. The minimum Gasteiger partial charge on any atom is -0.387 e. The fraction of sp³-hybridized carbons (Fsp3) is 0.391. The van der Waals surface area contributed by atoms with E-state index in [-0.39, 0.29) is 17.8 Å². The minimum atomic E-state index is -1.46. The van der Waals surface area contributed by atoms with Gasteiger partial charge in [0.15, 0.2) is 12.3 Å². The lowest BCUT2D eigenvalue weighted by Crippen LogP contribution is -2.48. The summed E-state index contributed by atoms with van der Waals surface area (Å²) in [6, 6.07) is 1.58. The molecule has 1 saturated heterocycles. The lowest BCUT2D eigenvalue weighted by atomic mass is 9.92. The van der Waals surface area contributed by atoms with Crippen LogP contribution in [0.3, 0.4) is 0 Å². The second kappa shape index (κ2) is 8.76. The van der Waals surface area contributed by atoms with E-state index in [1.54, 1.807) is 34.9 Å². The third-order valence-corrected chi connectivity index (χ3v) is 6.92. The van der Waals surface area contributed by atoms with Crippen molar-refractivity contribution in [2.75, 3.05) is 11.5 Å². The van der Waals surface area contributed by atoms with Crippen molar-refractivity contribution < 1.29 is 19.7 Å². The minimum absolute atomic E-state index is 0.180. The van der Waals surface area contributed by atoms with Crippen molar-refractivity contribution in [3.05, 3.63) is 42.2 Å². The number of aryl methyl sites for hydroxylation is 2. The van der Waals surface area contributed by atoms with Gasteiger partial charge in [-0.15, -0.1) is 0 Å². The summed E-state index contributed by atoms with van der Waals surface area (Å²) in [7, 11) is 1.79. The number of nitrogens with zero attached hydrogens (tertiary/aromatic N) is 7. The van der Waals surface area contributed by atoms with E-state index < -0.39 is 30.4 Å². The van der Waals surface area contributed by atoms with Crippen molar-refractivity contribution in [3.63, 3.8) is 0 Å². The Morgan fingerprint density at radius 2 is 2.05 bits per heavy atom. The molecule has 14 heteroatoms. The Labute approximate surface area is 210 Å². The van der Waals surface area contributed by atoms with Crippen LogP contribution in [0.15, 0.2) is 31.0 Å². The van der Waals surface area contributed by atoms with E-state index in [2.05, 4.69) is 30.4 Å². The number of amides is 1. The molecule has 14 nitrogen and oxygen atoms in total. The van der Waals surface area contributed by atoms with E-state index >= 15 is 0 Å². The maximum atomic E-state index is 13.1. The quantitative estimate of drug-likeness (QED) is 0.229. The molecule has 5 heterocycles. The standard InChI is InChI=1S/C23H26N10O4/c1-32-5-4-13(31-32)12-8-33(20-15(12)19(24)27-9-28-20)22-17(35)16(34)18(37-22)21(36)29-11-3-2-10-7-26-23(25)30-14(10)6-11/h4-5,7-9,11,16-18,22,34-35H,2-3,6H2,1H3,(H,29,36)(H2,24,27,28)(H2,25,26,30)/t11?,16-,17+,18-,22+/m0/s1. The van der Waals surface area contributed by atoms with Crippen molar-refractivity contribution in [1.82, 2.24) is 39.6 Å². The van der Waals surface area contributed by atoms with Crippen LogP contribution < -0.4 is 16.8 Å². The van der Waals surface area contributed by atoms with E-state index in [9.17, 15) is 15.0 Å². The maximum absolute atomic E-state index is 13.1. The Kier molecular flexibility index (Phi) is 5.51. The first-order chi connectivity index (χ1) is 17.8. The number of carbonyl (C=O) groups excluding carboxylic acids is 1. The number of anilines is 2. The molecular weight excluding hydrogens is 480 g/mol. The highest BCUT2D eigenvalue weighted by Gasteiger charge is 2.48. The molecule has 192 valence electrons. The van der Waals surface area contributed by atoms with Crippen LogP contribution >= 0.6 is 0 Å². The van der Waals surface area contributed by atoms with Crippen LogP contribution in [0.4, 0.5) is 11.8 Å². The molecule has 4 aromatic heterocycles. The Balaban J connectivity index is 1.26. The summed E-state index contributed by atoms with van der Waals surface area (Å²) in [5.74, 6) is -0.117. The Hall–Kier alpha value is -4.14. The molecule has 0 bridgehead atoms. The number of hydrogen-bond donors (Lipinski definition) is 5. The van der Waals surface area contributed by atoms with E-state index in [1.807, 2.05) is 6.07 Å². The van der Waals surface area contributed by atoms with Crippen molar-refractivity contribution >= 4 is 28.7 Å². The largest absolute Gasteiger partial charge is 0.387 e. The van der Waals surface area contributed by atoms with Gasteiger partial charge in [0.05, 0.1) is 16.8 Å². The summed E-state index contributed by atoms with van der Waals surface area (Å²) >= 11 is 0. The number of nitrogens with one attached hydrogen (secondary N) is 1. The predicted octanol–water partition coefficient (Wildman–Crippen LogP) is -0.921. The zero-order valence-corrected chi connectivity index (χ0v) is 19.9. The van der Waals surface area contributed by atoms with Crippen LogP contribution in [0.2, 0.25) is 0 Å². The van der Waals surface area contributed by atoms with Gasteiger partial charge in [0, 0.05) is 43.7 Å². The zero-order valence-electron chi connectivity index (χ0n) is 19.9. The van der Waals surface area contributed by atoms with Crippen LogP contribution in [-0.2, 0) is 29.4 Å². The first-order valence-corrected chi connectivity index (χ1v) is 11.8. The number of rotatable bonds is 4. The van der Waals surface area contributed by atoms with Crippen molar-refractivity contribution in [2.24, 2.45) is 7.05 Å². The van der Waals surface area contributed by atoms with E-state index in [0.717, 1.165) is 11.3 Å². The summed E-state index contributed by atoms with van der Waals surface area (Å²) in [5.41, 5.74) is 15.3. The number of fused-ring (bicyclic) bond motifs is 2. The van der Waals surface area contributed by atoms with Gasteiger partial charge in [0.25, 0.3) is 5.91 Å². The Morgan fingerprint density at radius 3 is 2.84 bits per heavy atom. The summed E-state index contributed by atoms with van der Waals surface area (Å²) in [6.45, 7) is 0. The summed E-state index contributed by atoms with van der Waals surface area (Å²) in [4.78, 5) is 29.9. The van der Waals surface area contributed by atoms with Gasteiger partial charge in [-0.3, -0.25) is 9.48 Å². The molecule has 7 N–H and O–H groups in total. The molecule has 1 unspecified atom stereocenters. The van der Waals surface area contributed by atoms with Gasteiger partial charge in [0.2, 0.25) is 5.95 Å². The van der Waals surface area contributed by atoms with Crippen LogP contribution in [0.1, 0.15) is 23.9 Å². The van der Waals surface area contributed by atoms with Gasteiger partial charge >= 0.3 is 0 Å². The number of nitrogens with two attached hydrogens (primary N) is 2. The number of hydrogen-bond acceptors (Lipinski definition) is 11. The van der Waals surface area contributed by atoms with E-state index in [1.165, 1.54) is 6.33 Å². The van der Waals surface area contributed by atoms with Crippen LogP contribution in [-0.4, -0.2) is 74.8 Å². The lowest BCUT2D eigenvalue weighted by molar-refractivity contribution is -0.138. The van der Waals surface area contributed by atoms with Gasteiger partial charge in [-0.25, -0.2) is 19.9 Å². The number of nitrogen functional groups attached to an aromatic ring is 2. The number of aliphatic hydroxyl groups is 2. The fourth-order valence-electron chi connectivity index (χ4n) is 5.08. The fourth-order valence-corrected chi connectivity index (χ4v) is 5.08. The lowest BCUT2D eigenvalue weighted by Gasteiger charge is -2.26. The molecule has 6 rings (SSSR count). The van der Waals surface area contributed by atoms with Gasteiger partial charge in [0.1, 0.15) is 30.0 Å². The number of ether oxygens (including phenoxy) is 1. The molecule has 5 atom stereocenters. The Bertz CT molecular complexity index is 1500. The smallest absolute Gasteiger partial charge is 0.252 e. The topological polar surface area (TPSA) is 205 Å². The SMILES string of the molecule is Cn1ccc(-c2cn([C@@H]3O[C@H](C(=O)NC4CCc5cnc(N)nc5C4)[C@@H](O)[C@H]3O)c3ncnc(N)c23)n1. The summed E-state index contributed by atoms with van der Waals surface area (Å²) in [6.07, 6.45) is 3.05. The first kappa shape index (κ1) is 23.3. The first-order valence-electron chi connectivity index (χ1n) is 11.8. The molecule has 0 aromatic carbocycles. The highest BCUT2D eigenvalue weighted by molar-refractivity contribution is 5.99. The van der Waals surface area contributed by atoms with Crippen molar-refractivity contribution in [1.29, 1.82) is 0 Å². The van der Waals surface area contributed by atoms with Gasteiger partial charge < -0.3 is 36.3 Å². The van der Waals surface area contributed by atoms with E-state index in [0.29, 0.717) is 41.6 Å². The molecule has 1 aliphatic heterocycles. The zero-order chi connectivity index (χ0) is 25.8.